The largest absolute Gasteiger partial charge is 0.340 e. The molecule has 1 fully saturated rings. The first-order valence-corrected chi connectivity index (χ1v) is 9.19. The summed E-state index contributed by atoms with van der Waals surface area (Å²) in [4.78, 5) is 28.5. The first-order chi connectivity index (χ1) is 13.4. The van der Waals surface area contributed by atoms with Crippen LogP contribution in [0.15, 0.2) is 29.1 Å². The molecule has 28 heavy (non-hydrogen) atoms. The maximum absolute atomic E-state index is 14.7. The normalized spacial score (nSPS) is 17.1. The summed E-state index contributed by atoms with van der Waals surface area (Å²) in [7, 11) is 0. The molecular formula is C19H21FN6O2. The number of amides is 1. The van der Waals surface area contributed by atoms with Crippen molar-refractivity contribution in [1.82, 2.24) is 29.9 Å². The molecule has 3 heterocycles. The highest BCUT2D eigenvalue weighted by atomic mass is 19.1. The van der Waals surface area contributed by atoms with E-state index in [-0.39, 0.29) is 17.5 Å². The van der Waals surface area contributed by atoms with E-state index in [1.807, 2.05) is 19.9 Å². The van der Waals surface area contributed by atoms with Gasteiger partial charge in [-0.15, -0.1) is 0 Å². The summed E-state index contributed by atoms with van der Waals surface area (Å²) < 4.78 is 16.2. The van der Waals surface area contributed by atoms with Crippen molar-refractivity contribution in [3.8, 4) is 5.69 Å². The van der Waals surface area contributed by atoms with Crippen molar-refractivity contribution in [3.63, 3.8) is 0 Å². The van der Waals surface area contributed by atoms with Gasteiger partial charge >= 0.3 is 5.69 Å². The number of likely N-dealkylation sites (tertiary alicyclic amines) is 1. The number of nitrogens with one attached hydrogen (secondary N) is 2. The van der Waals surface area contributed by atoms with Gasteiger partial charge in [0.05, 0.1) is 5.69 Å². The third-order valence-electron chi connectivity index (χ3n) is 5.05. The number of nitrogens with zero attached hydrogens (tertiary/aromatic N) is 4. The van der Waals surface area contributed by atoms with Crippen molar-refractivity contribution in [3.05, 3.63) is 63.3 Å². The van der Waals surface area contributed by atoms with Crippen LogP contribution in [0.5, 0.6) is 0 Å². The lowest BCUT2D eigenvalue weighted by Crippen LogP contribution is -2.39. The van der Waals surface area contributed by atoms with Crippen molar-refractivity contribution in [1.29, 1.82) is 0 Å². The zero-order chi connectivity index (χ0) is 19.8. The number of aryl methyl sites for hydroxylation is 2. The molecule has 1 aliphatic rings. The molecule has 1 unspecified atom stereocenters. The second-order valence-corrected chi connectivity index (χ2v) is 7.16. The average Bonchev–Trinajstić information content (AvgIpc) is 3.26. The minimum Gasteiger partial charge on any atom is -0.338 e. The Bertz CT molecular complexity index is 1080. The third-order valence-corrected chi connectivity index (χ3v) is 5.05. The van der Waals surface area contributed by atoms with E-state index in [0.717, 1.165) is 24.2 Å². The number of aromatic amines is 2. The molecule has 146 valence electrons. The van der Waals surface area contributed by atoms with Gasteiger partial charge in [-0.3, -0.25) is 9.78 Å². The number of carbonyl (C=O) groups is 1. The van der Waals surface area contributed by atoms with Gasteiger partial charge in [0.1, 0.15) is 17.3 Å². The molecular weight excluding hydrogens is 363 g/mol. The fraction of sp³-hybridized carbons (Fsp3) is 0.368. The number of piperidine rings is 1. The molecule has 0 saturated carbocycles. The molecule has 1 aliphatic heterocycles. The Kier molecular flexibility index (Phi) is 4.58. The number of benzene rings is 1. The molecule has 0 spiro atoms. The van der Waals surface area contributed by atoms with Gasteiger partial charge in [0.15, 0.2) is 0 Å². The molecule has 2 N–H and O–H groups in total. The lowest BCUT2D eigenvalue weighted by Gasteiger charge is -2.31. The van der Waals surface area contributed by atoms with Gasteiger partial charge in [0.2, 0.25) is 0 Å². The molecule has 0 bridgehead atoms. The minimum atomic E-state index is -0.498. The number of aromatic nitrogens is 5. The summed E-state index contributed by atoms with van der Waals surface area (Å²) in [6, 6.07) is 6.33. The molecule has 8 nitrogen and oxygen atoms in total. The van der Waals surface area contributed by atoms with E-state index in [4.69, 9.17) is 0 Å². The van der Waals surface area contributed by atoms with Crippen LogP contribution in [-0.4, -0.2) is 48.9 Å². The molecule has 1 aromatic carbocycles. The second kappa shape index (κ2) is 7.06. The van der Waals surface area contributed by atoms with E-state index in [9.17, 15) is 14.0 Å². The zero-order valence-electron chi connectivity index (χ0n) is 15.7. The predicted octanol–water partition coefficient (Wildman–Crippen LogP) is 2.06. The standard InChI is InChI=1S/C19H21FN6O2/c1-11-8-12(2)26(24-11)16-6-5-13(9-15(16)20)18(27)25-7-3-4-14(10-25)17-21-19(28)23-22-17/h5-6,8-9,14H,3-4,7,10H2,1-2H3,(H2,21,22,23,28). The fourth-order valence-corrected chi connectivity index (χ4v) is 3.73. The molecule has 1 amide bonds. The van der Waals surface area contributed by atoms with E-state index in [2.05, 4.69) is 20.3 Å². The zero-order valence-corrected chi connectivity index (χ0v) is 15.7. The molecule has 0 radical (unpaired) electrons. The maximum Gasteiger partial charge on any atom is 0.340 e. The van der Waals surface area contributed by atoms with Gasteiger partial charge < -0.3 is 4.90 Å². The average molecular weight is 384 g/mol. The number of hydrogen-bond acceptors (Lipinski definition) is 4. The Labute approximate surface area is 160 Å². The molecule has 1 atom stereocenters. The molecule has 9 heteroatoms. The van der Waals surface area contributed by atoms with E-state index in [1.165, 1.54) is 10.7 Å². The molecule has 0 aliphatic carbocycles. The highest BCUT2D eigenvalue weighted by Crippen LogP contribution is 2.25. The van der Waals surface area contributed by atoms with Crippen molar-refractivity contribution in [2.24, 2.45) is 0 Å². The SMILES string of the molecule is Cc1cc(C)n(-c2ccc(C(=O)N3CCCC(c4n[nH]c(=O)[nH]4)C3)cc2F)n1. The fourth-order valence-electron chi connectivity index (χ4n) is 3.73. The van der Waals surface area contributed by atoms with Crippen LogP contribution in [0.1, 0.15) is 46.3 Å². The lowest BCUT2D eigenvalue weighted by molar-refractivity contribution is 0.0704. The van der Waals surface area contributed by atoms with Crippen LogP contribution >= 0.6 is 0 Å². The summed E-state index contributed by atoms with van der Waals surface area (Å²) in [5.74, 6) is -0.229. The van der Waals surface area contributed by atoms with Crippen LogP contribution in [0, 0.1) is 19.7 Å². The van der Waals surface area contributed by atoms with E-state index in [0.29, 0.717) is 30.2 Å². The first-order valence-electron chi connectivity index (χ1n) is 9.19. The monoisotopic (exact) mass is 384 g/mol. The summed E-state index contributed by atoms with van der Waals surface area (Å²) in [6.45, 7) is 4.72. The Hall–Kier alpha value is -3.23. The maximum atomic E-state index is 14.7. The summed E-state index contributed by atoms with van der Waals surface area (Å²) in [5, 5.41) is 10.6. The Morgan fingerprint density at radius 3 is 2.75 bits per heavy atom. The minimum absolute atomic E-state index is 0.0459. The van der Waals surface area contributed by atoms with Gasteiger partial charge in [0, 0.05) is 30.3 Å². The molecule has 2 aromatic heterocycles. The van der Waals surface area contributed by atoms with Gasteiger partial charge in [-0.2, -0.15) is 10.2 Å². The molecule has 3 aromatic rings. The number of carbonyl (C=O) groups excluding carboxylic acids is 1. The smallest absolute Gasteiger partial charge is 0.338 e. The van der Waals surface area contributed by atoms with Crippen LogP contribution in [-0.2, 0) is 0 Å². The summed E-state index contributed by atoms with van der Waals surface area (Å²) >= 11 is 0. The lowest BCUT2D eigenvalue weighted by atomic mass is 9.96. The number of hydrogen-bond donors (Lipinski definition) is 2. The van der Waals surface area contributed by atoms with E-state index >= 15 is 0 Å². The Morgan fingerprint density at radius 1 is 1.29 bits per heavy atom. The van der Waals surface area contributed by atoms with Crippen molar-refractivity contribution in [2.45, 2.75) is 32.6 Å². The quantitative estimate of drug-likeness (QED) is 0.722. The Morgan fingerprint density at radius 2 is 2.11 bits per heavy atom. The number of rotatable bonds is 3. The van der Waals surface area contributed by atoms with E-state index in [1.54, 1.807) is 17.0 Å². The van der Waals surface area contributed by atoms with Gasteiger partial charge in [-0.1, -0.05) is 0 Å². The van der Waals surface area contributed by atoms with E-state index < -0.39 is 5.82 Å². The van der Waals surface area contributed by atoms with Gasteiger partial charge in [0.25, 0.3) is 5.91 Å². The van der Waals surface area contributed by atoms with Gasteiger partial charge in [-0.05, 0) is 51.0 Å². The third kappa shape index (κ3) is 3.35. The van der Waals surface area contributed by atoms with Crippen LogP contribution < -0.4 is 5.69 Å². The first kappa shape index (κ1) is 18.1. The van der Waals surface area contributed by atoms with Crippen LogP contribution in [0.4, 0.5) is 4.39 Å². The highest BCUT2D eigenvalue weighted by Gasteiger charge is 2.28. The summed E-state index contributed by atoms with van der Waals surface area (Å²) in [5.41, 5.74) is 1.86. The highest BCUT2D eigenvalue weighted by molar-refractivity contribution is 5.94. The molecule has 1 saturated heterocycles. The van der Waals surface area contributed by atoms with Crippen molar-refractivity contribution >= 4 is 5.91 Å². The van der Waals surface area contributed by atoms with Gasteiger partial charge in [-0.25, -0.2) is 19.0 Å². The van der Waals surface area contributed by atoms with Crippen LogP contribution in [0.25, 0.3) is 5.69 Å². The predicted molar refractivity (Wildman–Crippen MR) is 100 cm³/mol. The van der Waals surface area contributed by atoms with Crippen LogP contribution in [0.3, 0.4) is 0 Å². The van der Waals surface area contributed by atoms with Crippen molar-refractivity contribution in [2.75, 3.05) is 13.1 Å². The molecule has 4 rings (SSSR count). The second-order valence-electron chi connectivity index (χ2n) is 7.16. The summed E-state index contributed by atoms with van der Waals surface area (Å²) in [6.07, 6.45) is 1.62. The van der Waals surface area contributed by atoms with Crippen molar-refractivity contribution < 1.29 is 9.18 Å². The number of halogens is 1. The van der Waals surface area contributed by atoms with Crippen LogP contribution in [0.2, 0.25) is 0 Å². The number of H-pyrrole nitrogens is 2. The topological polar surface area (TPSA) is 99.7 Å². The Balaban J connectivity index is 1.55.